The Kier molecular flexibility index (Phi) is 8.02. The quantitative estimate of drug-likeness (QED) is 0.736. The van der Waals surface area contributed by atoms with E-state index in [0.717, 1.165) is 17.2 Å². The molecule has 1 unspecified atom stereocenters. The van der Waals surface area contributed by atoms with Crippen molar-refractivity contribution >= 4 is 21.8 Å². The van der Waals surface area contributed by atoms with Crippen molar-refractivity contribution in [2.24, 2.45) is 0 Å². The Morgan fingerprint density at radius 3 is 2.26 bits per heavy atom. The summed E-state index contributed by atoms with van der Waals surface area (Å²) in [6, 6.07) is 7.98. The molecule has 0 aromatic heterocycles. The van der Waals surface area contributed by atoms with Crippen LogP contribution in [0.25, 0.3) is 0 Å². The molecular weight excluding hydrogens is 368 g/mol. The Morgan fingerprint density at radius 2 is 1.74 bits per heavy atom. The maximum atomic E-state index is 12.4. The SMILES string of the molecule is CC(NC(=O)OC(C)(C)C)C(=O)N[C@H](/C=C/S(C)(=O)=O)Cc1ccccc1. The zero-order valence-corrected chi connectivity index (χ0v) is 17.2. The first-order valence-electron chi connectivity index (χ1n) is 8.58. The fourth-order valence-corrected chi connectivity index (χ4v) is 2.61. The van der Waals surface area contributed by atoms with Crippen LogP contribution in [-0.2, 0) is 25.8 Å². The lowest BCUT2D eigenvalue weighted by atomic mass is 10.1. The molecule has 0 saturated carbocycles. The van der Waals surface area contributed by atoms with Crippen LogP contribution in [0.3, 0.4) is 0 Å². The minimum atomic E-state index is -3.33. The second-order valence-corrected chi connectivity index (χ2v) is 9.26. The molecule has 0 fully saturated rings. The number of ether oxygens (including phenoxy) is 1. The topological polar surface area (TPSA) is 102 Å². The van der Waals surface area contributed by atoms with E-state index in [1.165, 1.54) is 13.0 Å². The first-order chi connectivity index (χ1) is 12.4. The summed E-state index contributed by atoms with van der Waals surface area (Å²) < 4.78 is 28.0. The van der Waals surface area contributed by atoms with E-state index in [1.54, 1.807) is 20.8 Å². The fraction of sp³-hybridized carbons (Fsp3) is 0.474. The predicted octanol–water partition coefficient (Wildman–Crippen LogP) is 2.19. The van der Waals surface area contributed by atoms with Gasteiger partial charge in [-0.2, -0.15) is 0 Å². The number of alkyl carbamates (subject to hydrolysis) is 1. The van der Waals surface area contributed by atoms with Gasteiger partial charge in [-0.1, -0.05) is 36.4 Å². The van der Waals surface area contributed by atoms with Gasteiger partial charge in [-0.15, -0.1) is 0 Å². The van der Waals surface area contributed by atoms with Crippen LogP contribution >= 0.6 is 0 Å². The second kappa shape index (κ2) is 9.55. The molecule has 0 radical (unpaired) electrons. The number of carbonyl (C=O) groups is 2. The van der Waals surface area contributed by atoms with Crippen molar-refractivity contribution in [1.29, 1.82) is 0 Å². The average Bonchev–Trinajstić information content (AvgIpc) is 2.50. The summed E-state index contributed by atoms with van der Waals surface area (Å²) >= 11 is 0. The van der Waals surface area contributed by atoms with Crippen LogP contribution in [0.1, 0.15) is 33.3 Å². The minimum absolute atomic E-state index is 0.414. The summed E-state index contributed by atoms with van der Waals surface area (Å²) in [6.07, 6.45) is 2.23. The highest BCUT2D eigenvalue weighted by molar-refractivity contribution is 7.93. The van der Waals surface area contributed by atoms with Crippen molar-refractivity contribution in [2.45, 2.75) is 51.8 Å². The highest BCUT2D eigenvalue weighted by Crippen LogP contribution is 2.08. The summed E-state index contributed by atoms with van der Waals surface area (Å²) in [5.74, 6) is -0.444. The summed E-state index contributed by atoms with van der Waals surface area (Å²) in [7, 11) is -3.33. The number of hydrogen-bond donors (Lipinski definition) is 2. The van der Waals surface area contributed by atoms with E-state index in [1.807, 2.05) is 30.3 Å². The van der Waals surface area contributed by atoms with Gasteiger partial charge in [0.25, 0.3) is 0 Å². The molecule has 1 rings (SSSR count). The van der Waals surface area contributed by atoms with Gasteiger partial charge < -0.3 is 15.4 Å². The van der Waals surface area contributed by atoms with Crippen LogP contribution in [0.4, 0.5) is 4.79 Å². The Hall–Kier alpha value is -2.35. The van der Waals surface area contributed by atoms with E-state index >= 15 is 0 Å². The summed E-state index contributed by atoms with van der Waals surface area (Å²) in [4.78, 5) is 24.2. The molecular formula is C19H28N2O5S. The lowest BCUT2D eigenvalue weighted by molar-refractivity contribution is -0.123. The van der Waals surface area contributed by atoms with Gasteiger partial charge in [-0.25, -0.2) is 13.2 Å². The lowest BCUT2D eigenvalue weighted by Crippen LogP contribution is -2.49. The molecule has 27 heavy (non-hydrogen) atoms. The number of rotatable bonds is 7. The Bertz CT molecular complexity index is 767. The summed E-state index contributed by atoms with van der Waals surface area (Å²) in [5.41, 5.74) is 0.266. The molecule has 0 aliphatic carbocycles. The van der Waals surface area contributed by atoms with E-state index < -0.39 is 39.5 Å². The van der Waals surface area contributed by atoms with Gasteiger partial charge in [0.2, 0.25) is 5.91 Å². The Balaban J connectivity index is 2.79. The molecule has 0 saturated heterocycles. The molecule has 0 aliphatic heterocycles. The van der Waals surface area contributed by atoms with E-state index in [9.17, 15) is 18.0 Å². The van der Waals surface area contributed by atoms with E-state index in [0.29, 0.717) is 6.42 Å². The van der Waals surface area contributed by atoms with Crippen LogP contribution in [0, 0.1) is 0 Å². The van der Waals surface area contributed by atoms with E-state index in [-0.39, 0.29) is 0 Å². The van der Waals surface area contributed by atoms with Gasteiger partial charge in [-0.3, -0.25) is 4.79 Å². The first kappa shape index (κ1) is 22.7. The highest BCUT2D eigenvalue weighted by Gasteiger charge is 2.22. The Labute approximate surface area is 161 Å². The third kappa shape index (κ3) is 10.4. The van der Waals surface area contributed by atoms with Gasteiger partial charge in [0, 0.05) is 11.7 Å². The second-order valence-electron chi connectivity index (χ2n) is 7.33. The standard InChI is InChI=1S/C19H28N2O5S/c1-14(20-18(23)26-19(2,3)4)17(22)21-16(11-12-27(5,24)25)13-15-9-7-6-8-10-15/h6-12,14,16H,13H2,1-5H3,(H,20,23)(H,21,22)/b12-11+/t14?,16-/m1/s1. The predicted molar refractivity (Wildman–Crippen MR) is 105 cm³/mol. The molecule has 2 atom stereocenters. The molecule has 1 aromatic carbocycles. The molecule has 0 aliphatic rings. The number of carbonyl (C=O) groups excluding carboxylic acids is 2. The van der Waals surface area contributed by atoms with Crippen LogP contribution in [-0.4, -0.2) is 44.4 Å². The third-order valence-corrected chi connectivity index (χ3v) is 3.96. The molecule has 2 N–H and O–H groups in total. The van der Waals surface area contributed by atoms with Crippen molar-refractivity contribution in [1.82, 2.24) is 10.6 Å². The van der Waals surface area contributed by atoms with Crippen LogP contribution < -0.4 is 10.6 Å². The third-order valence-electron chi connectivity index (χ3n) is 3.31. The van der Waals surface area contributed by atoms with Gasteiger partial charge >= 0.3 is 6.09 Å². The molecule has 0 spiro atoms. The average molecular weight is 397 g/mol. The number of sulfone groups is 1. The largest absolute Gasteiger partial charge is 0.444 e. The molecule has 8 heteroatoms. The zero-order valence-electron chi connectivity index (χ0n) is 16.4. The normalized spacial score (nSPS) is 14.4. The number of nitrogens with one attached hydrogen (secondary N) is 2. The van der Waals surface area contributed by atoms with Crippen LogP contribution in [0.2, 0.25) is 0 Å². The molecule has 0 bridgehead atoms. The highest BCUT2D eigenvalue weighted by atomic mass is 32.2. The monoisotopic (exact) mass is 396 g/mol. The zero-order chi connectivity index (χ0) is 20.7. The Morgan fingerprint density at radius 1 is 1.15 bits per heavy atom. The van der Waals surface area contributed by atoms with Crippen LogP contribution in [0.15, 0.2) is 41.8 Å². The van der Waals surface area contributed by atoms with Crippen molar-refractivity contribution in [2.75, 3.05) is 6.26 Å². The van der Waals surface area contributed by atoms with Crippen LogP contribution in [0.5, 0.6) is 0 Å². The fourth-order valence-electron chi connectivity index (χ4n) is 2.13. The molecule has 150 valence electrons. The van der Waals surface area contributed by atoms with E-state index in [2.05, 4.69) is 10.6 Å². The maximum absolute atomic E-state index is 12.4. The van der Waals surface area contributed by atoms with Crippen molar-refractivity contribution in [3.05, 3.63) is 47.4 Å². The molecule has 1 aromatic rings. The van der Waals surface area contributed by atoms with E-state index in [4.69, 9.17) is 4.74 Å². The summed E-state index contributed by atoms with van der Waals surface area (Å²) in [6.45, 7) is 6.70. The van der Waals surface area contributed by atoms with Gasteiger partial charge in [0.05, 0.1) is 6.04 Å². The molecule has 2 amide bonds. The molecule has 7 nitrogen and oxygen atoms in total. The summed E-state index contributed by atoms with van der Waals surface area (Å²) in [5, 5.41) is 6.27. The number of benzene rings is 1. The maximum Gasteiger partial charge on any atom is 0.408 e. The van der Waals surface area contributed by atoms with Gasteiger partial charge in [0.1, 0.15) is 11.6 Å². The molecule has 0 heterocycles. The van der Waals surface area contributed by atoms with Gasteiger partial charge in [0.15, 0.2) is 9.84 Å². The minimum Gasteiger partial charge on any atom is -0.444 e. The van der Waals surface area contributed by atoms with Crippen molar-refractivity contribution in [3.8, 4) is 0 Å². The smallest absolute Gasteiger partial charge is 0.408 e. The first-order valence-corrected chi connectivity index (χ1v) is 10.5. The van der Waals surface area contributed by atoms with Crippen molar-refractivity contribution < 1.29 is 22.7 Å². The number of hydrogen-bond acceptors (Lipinski definition) is 5. The van der Waals surface area contributed by atoms with Crippen molar-refractivity contribution in [3.63, 3.8) is 0 Å². The number of amides is 2. The lowest BCUT2D eigenvalue weighted by Gasteiger charge is -2.23. The van der Waals surface area contributed by atoms with Gasteiger partial charge in [-0.05, 0) is 39.7 Å².